The molecule has 1 aromatic heterocycles. The molecule has 35 heavy (non-hydrogen) atoms. The van der Waals surface area contributed by atoms with Crippen LogP contribution < -0.4 is 5.32 Å². The van der Waals surface area contributed by atoms with Gasteiger partial charge in [0.25, 0.3) is 0 Å². The molecule has 0 aliphatic rings. The Bertz CT molecular complexity index is 1240. The van der Waals surface area contributed by atoms with Gasteiger partial charge in [-0.15, -0.1) is 0 Å². The van der Waals surface area contributed by atoms with E-state index in [0.29, 0.717) is 22.6 Å². The number of carbonyl (C=O) groups is 2. The summed E-state index contributed by atoms with van der Waals surface area (Å²) in [6.07, 6.45) is 2.92. The van der Waals surface area contributed by atoms with Crippen LogP contribution >= 0.6 is 11.6 Å². The molecule has 0 spiro atoms. The van der Waals surface area contributed by atoms with Crippen molar-refractivity contribution in [1.82, 2.24) is 14.7 Å². The van der Waals surface area contributed by atoms with E-state index in [1.807, 2.05) is 32.0 Å². The first kappa shape index (κ1) is 26.1. The van der Waals surface area contributed by atoms with Crippen LogP contribution in [0.2, 0.25) is 5.15 Å². The number of hydrogen-bond donors (Lipinski definition) is 1. The number of amides is 2. The zero-order chi connectivity index (χ0) is 25.5. The Morgan fingerprint density at radius 1 is 1.17 bits per heavy atom. The number of benzene rings is 2. The summed E-state index contributed by atoms with van der Waals surface area (Å²) in [5.41, 5.74) is 4.48. The highest BCUT2D eigenvalue weighted by molar-refractivity contribution is 6.31. The molecule has 0 radical (unpaired) electrons. The number of aromatic nitrogens is 2. The zero-order valence-corrected chi connectivity index (χ0v) is 20.9. The number of aryl methyl sites for hydroxylation is 2. The van der Waals surface area contributed by atoms with E-state index in [1.165, 1.54) is 34.9 Å². The maximum Gasteiger partial charge on any atom is 0.247 e. The number of ether oxygens (including phenoxy) is 1. The number of carbonyl (C=O) groups excluding carboxylic acids is 2. The maximum absolute atomic E-state index is 13.3. The van der Waals surface area contributed by atoms with Gasteiger partial charge in [0.1, 0.15) is 17.5 Å². The van der Waals surface area contributed by atoms with Crippen molar-refractivity contribution in [3.63, 3.8) is 0 Å². The second-order valence-electron chi connectivity index (χ2n) is 8.06. The molecule has 184 valence electrons. The molecule has 1 N–H and O–H groups in total. The molecule has 2 amide bonds. The van der Waals surface area contributed by atoms with Gasteiger partial charge in [-0.2, -0.15) is 5.10 Å². The number of nitrogens with one attached hydrogen (secondary N) is 1. The Labute approximate surface area is 209 Å². The van der Waals surface area contributed by atoms with Crippen molar-refractivity contribution in [1.29, 1.82) is 0 Å². The quantitative estimate of drug-likeness (QED) is 0.433. The van der Waals surface area contributed by atoms with E-state index in [2.05, 4.69) is 10.4 Å². The molecule has 3 aromatic rings. The van der Waals surface area contributed by atoms with Gasteiger partial charge in [0, 0.05) is 31.0 Å². The van der Waals surface area contributed by atoms with Crippen molar-refractivity contribution in [2.24, 2.45) is 0 Å². The first-order chi connectivity index (χ1) is 16.7. The van der Waals surface area contributed by atoms with Crippen molar-refractivity contribution in [2.45, 2.75) is 20.8 Å². The van der Waals surface area contributed by atoms with Crippen LogP contribution in [0.5, 0.6) is 0 Å². The first-order valence-electron chi connectivity index (χ1n) is 11.0. The molecular formula is C26H28ClFN4O3. The topological polar surface area (TPSA) is 76.5 Å². The van der Waals surface area contributed by atoms with Crippen LogP contribution in [0.15, 0.2) is 48.5 Å². The van der Waals surface area contributed by atoms with E-state index in [1.54, 1.807) is 25.1 Å². The predicted molar refractivity (Wildman–Crippen MR) is 135 cm³/mol. The second kappa shape index (κ2) is 11.8. The highest BCUT2D eigenvalue weighted by Crippen LogP contribution is 2.25. The standard InChI is InChI=1S/C26H28ClFN4O3/c1-17-6-5-7-23(18(17)2)29-24(33)16-31(14-15-35-4)25(34)13-12-22-19(3)30-32(26(22)27)21-10-8-20(28)9-11-21/h5-13H,14-16H2,1-4H3,(H,29,33). The van der Waals surface area contributed by atoms with Gasteiger partial charge in [-0.1, -0.05) is 23.7 Å². The minimum atomic E-state index is -0.372. The fourth-order valence-corrected chi connectivity index (χ4v) is 3.77. The Kier molecular flexibility index (Phi) is 8.78. The molecule has 1 heterocycles. The summed E-state index contributed by atoms with van der Waals surface area (Å²) in [7, 11) is 1.53. The Hall–Kier alpha value is -3.49. The van der Waals surface area contributed by atoms with Crippen LogP contribution in [0.25, 0.3) is 11.8 Å². The van der Waals surface area contributed by atoms with Gasteiger partial charge in [0.05, 0.1) is 18.0 Å². The monoisotopic (exact) mass is 498 g/mol. The average Bonchev–Trinajstić information content (AvgIpc) is 3.11. The molecule has 0 unspecified atom stereocenters. The molecular weight excluding hydrogens is 471 g/mol. The van der Waals surface area contributed by atoms with E-state index in [4.69, 9.17) is 16.3 Å². The van der Waals surface area contributed by atoms with Crippen LogP contribution in [0.3, 0.4) is 0 Å². The lowest BCUT2D eigenvalue weighted by Crippen LogP contribution is -2.39. The number of nitrogens with zero attached hydrogens (tertiary/aromatic N) is 3. The first-order valence-corrected chi connectivity index (χ1v) is 11.4. The molecule has 0 atom stereocenters. The number of halogens is 2. The zero-order valence-electron chi connectivity index (χ0n) is 20.1. The van der Waals surface area contributed by atoms with E-state index in [0.717, 1.165) is 11.1 Å². The maximum atomic E-state index is 13.3. The molecule has 0 fully saturated rings. The lowest BCUT2D eigenvalue weighted by Gasteiger charge is -2.21. The number of methoxy groups -OCH3 is 1. The van der Waals surface area contributed by atoms with Gasteiger partial charge in [-0.25, -0.2) is 9.07 Å². The Morgan fingerprint density at radius 2 is 1.89 bits per heavy atom. The molecule has 2 aromatic carbocycles. The van der Waals surface area contributed by atoms with Crippen LogP contribution in [-0.2, 0) is 14.3 Å². The molecule has 7 nitrogen and oxygen atoms in total. The summed E-state index contributed by atoms with van der Waals surface area (Å²) in [4.78, 5) is 27.0. The Morgan fingerprint density at radius 3 is 2.57 bits per heavy atom. The normalized spacial score (nSPS) is 11.1. The smallest absolute Gasteiger partial charge is 0.247 e. The SMILES string of the molecule is COCCN(CC(=O)Nc1cccc(C)c1C)C(=O)C=Cc1c(C)nn(-c2ccc(F)cc2)c1Cl. The number of hydrogen-bond acceptors (Lipinski definition) is 4. The molecule has 3 rings (SSSR count). The molecule has 0 saturated carbocycles. The largest absolute Gasteiger partial charge is 0.383 e. The van der Waals surface area contributed by atoms with Crippen LogP contribution in [0.1, 0.15) is 22.4 Å². The third-order valence-corrected chi connectivity index (χ3v) is 5.97. The van der Waals surface area contributed by atoms with Crippen molar-refractivity contribution >= 4 is 35.2 Å². The third kappa shape index (κ3) is 6.55. The number of rotatable bonds is 9. The van der Waals surface area contributed by atoms with Gasteiger partial charge in [0.15, 0.2) is 0 Å². The highest BCUT2D eigenvalue weighted by Gasteiger charge is 2.18. The van der Waals surface area contributed by atoms with Gasteiger partial charge in [0.2, 0.25) is 11.8 Å². The molecule has 0 aliphatic carbocycles. The van der Waals surface area contributed by atoms with E-state index >= 15 is 0 Å². The van der Waals surface area contributed by atoms with E-state index in [-0.39, 0.29) is 42.5 Å². The average molecular weight is 499 g/mol. The van der Waals surface area contributed by atoms with E-state index < -0.39 is 0 Å². The Balaban J connectivity index is 1.75. The van der Waals surface area contributed by atoms with E-state index in [9.17, 15) is 14.0 Å². The summed E-state index contributed by atoms with van der Waals surface area (Å²) in [6, 6.07) is 11.4. The van der Waals surface area contributed by atoms with Crippen molar-refractivity contribution in [3.8, 4) is 5.69 Å². The molecule has 0 saturated heterocycles. The van der Waals surface area contributed by atoms with Crippen LogP contribution in [-0.4, -0.2) is 53.3 Å². The van der Waals surface area contributed by atoms with Crippen molar-refractivity contribution in [2.75, 3.05) is 32.1 Å². The molecule has 0 aliphatic heterocycles. The predicted octanol–water partition coefficient (Wildman–Crippen LogP) is 4.72. The summed E-state index contributed by atoms with van der Waals surface area (Å²) >= 11 is 6.50. The van der Waals surface area contributed by atoms with Crippen LogP contribution in [0.4, 0.5) is 10.1 Å². The van der Waals surface area contributed by atoms with Gasteiger partial charge >= 0.3 is 0 Å². The van der Waals surface area contributed by atoms with Crippen molar-refractivity contribution in [3.05, 3.63) is 81.9 Å². The van der Waals surface area contributed by atoms with Crippen molar-refractivity contribution < 1.29 is 18.7 Å². The summed E-state index contributed by atoms with van der Waals surface area (Å²) < 4.78 is 19.8. The fourth-order valence-electron chi connectivity index (χ4n) is 3.43. The second-order valence-corrected chi connectivity index (χ2v) is 8.42. The van der Waals surface area contributed by atoms with Gasteiger partial charge in [-0.3, -0.25) is 9.59 Å². The fraction of sp³-hybridized carbons (Fsp3) is 0.269. The molecule has 9 heteroatoms. The minimum Gasteiger partial charge on any atom is -0.383 e. The third-order valence-electron chi connectivity index (χ3n) is 5.60. The highest BCUT2D eigenvalue weighted by atomic mass is 35.5. The van der Waals surface area contributed by atoms with Crippen LogP contribution in [0, 0.1) is 26.6 Å². The summed E-state index contributed by atoms with van der Waals surface area (Å²) in [5.74, 6) is -1.05. The summed E-state index contributed by atoms with van der Waals surface area (Å²) in [5, 5.41) is 7.55. The lowest BCUT2D eigenvalue weighted by atomic mass is 10.1. The van der Waals surface area contributed by atoms with Gasteiger partial charge < -0.3 is 15.0 Å². The number of anilines is 1. The summed E-state index contributed by atoms with van der Waals surface area (Å²) in [6.45, 7) is 6.03. The minimum absolute atomic E-state index is 0.137. The lowest BCUT2D eigenvalue weighted by molar-refractivity contribution is -0.131. The van der Waals surface area contributed by atoms with Gasteiger partial charge in [-0.05, 0) is 68.3 Å². The molecule has 0 bridgehead atoms.